The average Bonchev–Trinajstić information content (AvgIpc) is 3.40. The molecule has 2 aliphatic heterocycles. The molecule has 6 nitrogen and oxygen atoms in total. The smallest absolute Gasteiger partial charge is 0.320 e. The highest BCUT2D eigenvalue weighted by Gasteiger charge is 2.40. The summed E-state index contributed by atoms with van der Waals surface area (Å²) in [5.41, 5.74) is 0.123. The Bertz CT molecular complexity index is 469. The molecule has 2 N–H and O–H groups in total. The number of hydrogen-bond donors (Lipinski definition) is 2. The molecule has 0 bridgehead atoms. The summed E-state index contributed by atoms with van der Waals surface area (Å²) >= 11 is 0. The zero-order valence-corrected chi connectivity index (χ0v) is 15.5. The number of piperidine rings is 2. The predicted octanol–water partition coefficient (Wildman–Crippen LogP) is 1.46. The summed E-state index contributed by atoms with van der Waals surface area (Å²) < 4.78 is 5.51. The van der Waals surface area contributed by atoms with E-state index in [1.807, 2.05) is 15.9 Å². The second kappa shape index (κ2) is 8.06. The number of carbonyl (C=O) groups excluding carboxylic acids is 1. The van der Waals surface area contributed by atoms with Crippen LogP contribution in [0.15, 0.2) is 12.7 Å². The lowest BCUT2D eigenvalue weighted by Crippen LogP contribution is -2.53. The van der Waals surface area contributed by atoms with Crippen LogP contribution in [0.5, 0.6) is 0 Å². The van der Waals surface area contributed by atoms with Crippen molar-refractivity contribution in [2.45, 2.75) is 44.2 Å². The highest BCUT2D eigenvalue weighted by Crippen LogP contribution is 2.35. The van der Waals surface area contributed by atoms with Crippen molar-refractivity contribution < 1.29 is 14.6 Å². The van der Waals surface area contributed by atoms with E-state index in [2.05, 4.69) is 11.9 Å². The molecule has 3 aliphatic rings. The monoisotopic (exact) mass is 351 g/mol. The van der Waals surface area contributed by atoms with Gasteiger partial charge in [-0.05, 0) is 38.0 Å². The molecule has 0 aromatic rings. The number of aliphatic hydroxyl groups excluding tert-OH is 1. The Hall–Kier alpha value is -1.11. The van der Waals surface area contributed by atoms with Crippen LogP contribution in [0.25, 0.3) is 0 Å². The lowest BCUT2D eigenvalue weighted by atomic mass is 9.79. The molecule has 2 amide bonds. The summed E-state index contributed by atoms with van der Waals surface area (Å²) in [5.74, 6) is 0.621. The van der Waals surface area contributed by atoms with E-state index in [0.717, 1.165) is 39.1 Å². The number of hydrogen-bond acceptors (Lipinski definition) is 4. The Labute approximate surface area is 151 Å². The molecule has 3 fully saturated rings. The summed E-state index contributed by atoms with van der Waals surface area (Å²) in [6, 6.07) is 0.713. The molecule has 0 spiro atoms. The van der Waals surface area contributed by atoms with Gasteiger partial charge in [-0.25, -0.2) is 4.79 Å². The third-order valence-corrected chi connectivity index (χ3v) is 6.16. The highest BCUT2D eigenvalue weighted by molar-refractivity contribution is 5.74. The Morgan fingerprint density at radius 1 is 1.28 bits per heavy atom. The van der Waals surface area contributed by atoms with Crippen LogP contribution in [0.3, 0.4) is 0 Å². The second-order valence-corrected chi connectivity index (χ2v) is 8.04. The van der Waals surface area contributed by atoms with E-state index in [4.69, 9.17) is 4.74 Å². The number of nitrogens with zero attached hydrogens (tertiary/aromatic N) is 2. The normalized spacial score (nSPS) is 29.5. The molecular formula is C19H33N3O3. The first-order valence-electron chi connectivity index (χ1n) is 9.64. The Morgan fingerprint density at radius 2 is 1.92 bits per heavy atom. The molecule has 1 saturated carbocycles. The Kier molecular flexibility index (Phi) is 6.02. The van der Waals surface area contributed by atoms with Crippen LogP contribution in [0.2, 0.25) is 0 Å². The van der Waals surface area contributed by atoms with E-state index < -0.39 is 0 Å². The van der Waals surface area contributed by atoms with Crippen LogP contribution in [-0.2, 0) is 4.74 Å². The first kappa shape index (κ1) is 18.7. The maximum Gasteiger partial charge on any atom is 0.320 e. The van der Waals surface area contributed by atoms with Gasteiger partial charge in [-0.15, -0.1) is 6.58 Å². The molecule has 2 saturated heterocycles. The first-order chi connectivity index (χ1) is 12.1. The third-order valence-electron chi connectivity index (χ3n) is 6.16. The Morgan fingerprint density at radius 3 is 2.48 bits per heavy atom. The number of ether oxygens (including phenoxy) is 1. The van der Waals surface area contributed by atoms with Crippen molar-refractivity contribution in [1.82, 2.24) is 15.1 Å². The molecule has 0 aromatic carbocycles. The van der Waals surface area contributed by atoms with Gasteiger partial charge in [-0.2, -0.15) is 0 Å². The molecular weight excluding hydrogens is 318 g/mol. The first-order valence-corrected chi connectivity index (χ1v) is 9.64. The molecule has 25 heavy (non-hydrogen) atoms. The topological polar surface area (TPSA) is 65.0 Å². The maximum atomic E-state index is 12.7. The number of carbonyl (C=O) groups is 1. The number of rotatable bonds is 6. The van der Waals surface area contributed by atoms with Gasteiger partial charge in [-0.3, -0.25) is 0 Å². The largest absolute Gasteiger partial charge is 0.393 e. The number of urea groups is 1. The van der Waals surface area contributed by atoms with E-state index in [0.29, 0.717) is 37.9 Å². The lowest BCUT2D eigenvalue weighted by molar-refractivity contribution is 0.0217. The molecule has 6 heteroatoms. The third kappa shape index (κ3) is 4.54. The molecule has 1 unspecified atom stereocenters. The molecule has 2 atom stereocenters. The molecule has 2 heterocycles. The van der Waals surface area contributed by atoms with Gasteiger partial charge in [0.1, 0.15) is 0 Å². The highest BCUT2D eigenvalue weighted by atomic mass is 16.5. The summed E-state index contributed by atoms with van der Waals surface area (Å²) in [4.78, 5) is 16.6. The van der Waals surface area contributed by atoms with Crippen molar-refractivity contribution in [2.75, 3.05) is 46.4 Å². The molecule has 3 rings (SSSR count). The van der Waals surface area contributed by atoms with Crippen LogP contribution in [0, 0.1) is 11.3 Å². The fourth-order valence-electron chi connectivity index (χ4n) is 4.17. The van der Waals surface area contributed by atoms with Crippen LogP contribution in [-0.4, -0.2) is 79.5 Å². The van der Waals surface area contributed by atoms with Gasteiger partial charge in [0.25, 0.3) is 0 Å². The standard InChI is InChI=1S/C19H33N3O3/c1-3-15-12-17(15)20-13-19(14-25-2)6-10-22(11-7-19)18(24)21-8-4-16(23)5-9-21/h3,15-17,20,23H,1,4-14H2,2H3/t15?,17-/m1/s1. The minimum absolute atomic E-state index is 0.123. The van der Waals surface area contributed by atoms with Crippen LogP contribution < -0.4 is 5.32 Å². The summed E-state index contributed by atoms with van der Waals surface area (Å²) in [6.45, 7) is 8.49. The van der Waals surface area contributed by atoms with Crippen LogP contribution >= 0.6 is 0 Å². The van der Waals surface area contributed by atoms with E-state index in [9.17, 15) is 9.90 Å². The number of nitrogens with one attached hydrogen (secondary N) is 1. The van der Waals surface area contributed by atoms with Gasteiger partial charge in [0.2, 0.25) is 0 Å². The van der Waals surface area contributed by atoms with E-state index >= 15 is 0 Å². The molecule has 1 aliphatic carbocycles. The van der Waals surface area contributed by atoms with E-state index in [1.54, 1.807) is 7.11 Å². The summed E-state index contributed by atoms with van der Waals surface area (Å²) in [6.07, 6.45) is 6.33. The van der Waals surface area contributed by atoms with E-state index in [1.165, 1.54) is 6.42 Å². The van der Waals surface area contributed by atoms with Gasteiger partial charge in [0.05, 0.1) is 12.7 Å². The van der Waals surface area contributed by atoms with Crippen LogP contribution in [0.4, 0.5) is 4.79 Å². The van der Waals surface area contributed by atoms with Crippen molar-refractivity contribution in [2.24, 2.45) is 11.3 Å². The van der Waals surface area contributed by atoms with Crippen molar-refractivity contribution in [3.8, 4) is 0 Å². The minimum atomic E-state index is -0.243. The number of likely N-dealkylation sites (tertiary alicyclic amines) is 2. The number of aliphatic hydroxyl groups is 1. The Balaban J connectivity index is 1.49. The fourth-order valence-corrected chi connectivity index (χ4v) is 4.17. The van der Waals surface area contributed by atoms with Crippen molar-refractivity contribution in [3.05, 3.63) is 12.7 Å². The van der Waals surface area contributed by atoms with Crippen LogP contribution in [0.1, 0.15) is 32.1 Å². The van der Waals surface area contributed by atoms with Gasteiger partial charge >= 0.3 is 6.03 Å². The molecule has 142 valence electrons. The lowest BCUT2D eigenvalue weighted by Gasteiger charge is -2.43. The zero-order valence-electron chi connectivity index (χ0n) is 15.5. The maximum absolute atomic E-state index is 12.7. The van der Waals surface area contributed by atoms with Crippen molar-refractivity contribution >= 4 is 6.03 Å². The molecule has 0 radical (unpaired) electrons. The van der Waals surface area contributed by atoms with Crippen molar-refractivity contribution in [3.63, 3.8) is 0 Å². The number of amides is 2. The summed E-state index contributed by atoms with van der Waals surface area (Å²) in [5, 5.41) is 13.3. The van der Waals surface area contributed by atoms with Gasteiger partial charge < -0.3 is 25.0 Å². The zero-order chi connectivity index (χ0) is 17.9. The average molecular weight is 351 g/mol. The number of methoxy groups -OCH3 is 1. The fraction of sp³-hybridized carbons (Fsp3) is 0.842. The second-order valence-electron chi connectivity index (χ2n) is 8.04. The van der Waals surface area contributed by atoms with Gasteiger partial charge in [-0.1, -0.05) is 6.08 Å². The van der Waals surface area contributed by atoms with Gasteiger partial charge in [0, 0.05) is 51.3 Å². The quantitative estimate of drug-likeness (QED) is 0.711. The molecule has 0 aromatic heterocycles. The minimum Gasteiger partial charge on any atom is -0.393 e. The predicted molar refractivity (Wildman–Crippen MR) is 97.4 cm³/mol. The van der Waals surface area contributed by atoms with Crippen molar-refractivity contribution in [1.29, 1.82) is 0 Å². The van der Waals surface area contributed by atoms with Gasteiger partial charge in [0.15, 0.2) is 0 Å². The van der Waals surface area contributed by atoms with E-state index in [-0.39, 0.29) is 17.6 Å². The summed E-state index contributed by atoms with van der Waals surface area (Å²) in [7, 11) is 1.77. The SMILES string of the molecule is C=CC1C[C@H]1NCC1(COC)CCN(C(=O)N2CCC(O)CC2)CC1.